The Balaban J connectivity index is 2.15. The van der Waals surface area contributed by atoms with E-state index in [9.17, 15) is 0 Å². The Kier molecular flexibility index (Phi) is 6.89. The normalized spacial score (nSPS) is 12.9. The molecule has 2 N–H and O–H groups in total. The van der Waals surface area contributed by atoms with Crippen LogP contribution in [0.2, 0.25) is 0 Å². The van der Waals surface area contributed by atoms with Crippen LogP contribution in [-0.4, -0.2) is 34.4 Å². The quantitative estimate of drug-likeness (QED) is 0.643. The van der Waals surface area contributed by atoms with Gasteiger partial charge >= 0.3 is 0 Å². The molecule has 1 atom stereocenters. The molecule has 0 saturated heterocycles. The van der Waals surface area contributed by atoms with Crippen LogP contribution in [0.5, 0.6) is 0 Å². The zero-order valence-electron chi connectivity index (χ0n) is 11.0. The van der Waals surface area contributed by atoms with Crippen LogP contribution >= 0.6 is 0 Å². The maximum Gasteiger partial charge on any atom is 0.105 e. The lowest BCUT2D eigenvalue weighted by molar-refractivity contribution is 0.248. The first-order valence-corrected chi connectivity index (χ1v) is 6.57. The molecule has 1 aromatic heterocycles. The number of rotatable bonds is 9. The molecule has 0 fully saturated rings. The number of hydrogen-bond donors (Lipinski definition) is 2. The summed E-state index contributed by atoms with van der Waals surface area (Å²) in [7, 11) is 0. The predicted octanol–water partition coefficient (Wildman–Crippen LogP) is 1.58. The summed E-state index contributed by atoms with van der Waals surface area (Å²) in [6.45, 7) is 7.44. The molecule has 17 heavy (non-hydrogen) atoms. The number of nitrogens with zero attached hydrogens (tertiary/aromatic N) is 2. The molecule has 1 rings (SSSR count). The highest BCUT2D eigenvalue weighted by Gasteiger charge is 2.06. The molecule has 0 aromatic carbocycles. The molecule has 0 aliphatic carbocycles. The number of imidazole rings is 1. The Bertz CT molecular complexity index is 293. The van der Waals surface area contributed by atoms with Crippen LogP contribution in [0.25, 0.3) is 0 Å². The van der Waals surface area contributed by atoms with Crippen molar-refractivity contribution in [2.24, 2.45) is 5.92 Å². The lowest BCUT2D eigenvalue weighted by Crippen LogP contribution is -2.27. The van der Waals surface area contributed by atoms with Crippen LogP contribution < -0.4 is 5.32 Å². The summed E-state index contributed by atoms with van der Waals surface area (Å²) >= 11 is 0. The highest BCUT2D eigenvalue weighted by Crippen LogP contribution is 2.09. The van der Waals surface area contributed by atoms with Crippen molar-refractivity contribution in [2.45, 2.75) is 39.7 Å². The number of nitrogens with one attached hydrogen (secondary N) is 1. The van der Waals surface area contributed by atoms with Crippen LogP contribution in [-0.2, 0) is 6.54 Å². The Morgan fingerprint density at radius 1 is 1.47 bits per heavy atom. The maximum atomic E-state index is 8.97. The fourth-order valence-corrected chi connectivity index (χ4v) is 2.09. The first-order chi connectivity index (χ1) is 8.27. The van der Waals surface area contributed by atoms with Crippen LogP contribution in [0.15, 0.2) is 12.4 Å². The van der Waals surface area contributed by atoms with Gasteiger partial charge in [-0.05, 0) is 32.2 Å². The van der Waals surface area contributed by atoms with E-state index < -0.39 is 0 Å². The van der Waals surface area contributed by atoms with E-state index in [0.717, 1.165) is 31.9 Å². The van der Waals surface area contributed by atoms with Gasteiger partial charge in [0.2, 0.25) is 0 Å². The second-order valence-corrected chi connectivity index (χ2v) is 4.54. The zero-order valence-corrected chi connectivity index (χ0v) is 11.0. The largest absolute Gasteiger partial charge is 0.396 e. The topological polar surface area (TPSA) is 50.1 Å². The van der Waals surface area contributed by atoms with E-state index in [0.29, 0.717) is 12.5 Å². The van der Waals surface area contributed by atoms with E-state index in [1.807, 2.05) is 19.3 Å². The lowest BCUT2D eigenvalue weighted by Gasteiger charge is -2.16. The van der Waals surface area contributed by atoms with Crippen molar-refractivity contribution in [3.8, 4) is 0 Å². The molecule has 0 saturated carbocycles. The van der Waals surface area contributed by atoms with Crippen LogP contribution in [0.3, 0.4) is 0 Å². The Labute approximate surface area is 104 Å². The lowest BCUT2D eigenvalue weighted by atomic mass is 10.0. The van der Waals surface area contributed by atoms with E-state index in [1.54, 1.807) is 0 Å². The first-order valence-electron chi connectivity index (χ1n) is 6.57. The van der Waals surface area contributed by atoms with Gasteiger partial charge in [-0.25, -0.2) is 4.98 Å². The molecule has 0 amide bonds. The molecule has 0 spiro atoms. The highest BCUT2D eigenvalue weighted by atomic mass is 16.3. The fourth-order valence-electron chi connectivity index (χ4n) is 2.09. The number of aliphatic hydroxyl groups excluding tert-OH is 1. The summed E-state index contributed by atoms with van der Waals surface area (Å²) in [6, 6.07) is 0. The third-order valence-electron chi connectivity index (χ3n) is 3.12. The molecule has 0 aliphatic rings. The molecular formula is C13H25N3O. The molecular weight excluding hydrogens is 214 g/mol. The van der Waals surface area contributed by atoms with Gasteiger partial charge in [0.05, 0.1) is 0 Å². The summed E-state index contributed by atoms with van der Waals surface area (Å²) in [5.74, 6) is 1.67. The van der Waals surface area contributed by atoms with Crippen molar-refractivity contribution in [3.05, 3.63) is 18.2 Å². The molecule has 4 heteroatoms. The molecule has 1 aromatic rings. The Morgan fingerprint density at radius 2 is 2.29 bits per heavy atom. The molecule has 0 radical (unpaired) electrons. The number of hydrogen-bond acceptors (Lipinski definition) is 3. The van der Waals surface area contributed by atoms with Crippen molar-refractivity contribution < 1.29 is 5.11 Å². The van der Waals surface area contributed by atoms with E-state index in [2.05, 4.69) is 21.8 Å². The van der Waals surface area contributed by atoms with Gasteiger partial charge < -0.3 is 15.0 Å². The second kappa shape index (κ2) is 8.25. The average molecular weight is 239 g/mol. The average Bonchev–Trinajstić information content (AvgIpc) is 2.71. The van der Waals surface area contributed by atoms with E-state index in [4.69, 9.17) is 5.11 Å². The van der Waals surface area contributed by atoms with Gasteiger partial charge in [0.1, 0.15) is 5.82 Å². The van der Waals surface area contributed by atoms with Crippen molar-refractivity contribution in [2.75, 3.05) is 19.7 Å². The van der Waals surface area contributed by atoms with Crippen LogP contribution in [0.1, 0.15) is 32.0 Å². The van der Waals surface area contributed by atoms with Gasteiger partial charge in [-0.2, -0.15) is 0 Å². The zero-order chi connectivity index (χ0) is 12.5. The summed E-state index contributed by atoms with van der Waals surface area (Å²) < 4.78 is 2.15. The van der Waals surface area contributed by atoms with Gasteiger partial charge in [0.15, 0.2) is 0 Å². The number of aliphatic hydroxyl groups is 1. The minimum absolute atomic E-state index is 0.299. The second-order valence-electron chi connectivity index (χ2n) is 4.54. The smallest absolute Gasteiger partial charge is 0.105 e. The van der Waals surface area contributed by atoms with Gasteiger partial charge in [-0.3, -0.25) is 0 Å². The summed E-state index contributed by atoms with van der Waals surface area (Å²) in [5.41, 5.74) is 0. The Morgan fingerprint density at radius 3 is 2.88 bits per heavy atom. The summed E-state index contributed by atoms with van der Waals surface area (Å²) in [4.78, 5) is 4.19. The minimum Gasteiger partial charge on any atom is -0.396 e. The summed E-state index contributed by atoms with van der Waals surface area (Å²) in [6.07, 6.45) is 7.13. The van der Waals surface area contributed by atoms with Gasteiger partial charge in [0.25, 0.3) is 0 Å². The van der Waals surface area contributed by atoms with Gasteiger partial charge in [-0.15, -0.1) is 0 Å². The molecule has 0 bridgehead atoms. The van der Waals surface area contributed by atoms with Crippen LogP contribution in [0.4, 0.5) is 0 Å². The van der Waals surface area contributed by atoms with E-state index >= 15 is 0 Å². The standard InChI is InChI=1S/C13H25N3O/c1-3-4-13(5-10-17)11-14-6-8-16-9-7-15-12(16)2/h7,9,13-14,17H,3-6,8,10-11H2,1-2H3. The molecule has 98 valence electrons. The van der Waals surface area contributed by atoms with E-state index in [-0.39, 0.29) is 0 Å². The first kappa shape index (κ1) is 14.2. The SMILES string of the molecule is CCCC(CCO)CNCCn1ccnc1C. The van der Waals surface area contributed by atoms with Crippen molar-refractivity contribution in [3.63, 3.8) is 0 Å². The predicted molar refractivity (Wildman–Crippen MR) is 69.9 cm³/mol. The van der Waals surface area contributed by atoms with Gasteiger partial charge in [-0.1, -0.05) is 13.3 Å². The molecule has 1 unspecified atom stereocenters. The molecule has 4 nitrogen and oxygen atoms in total. The van der Waals surface area contributed by atoms with Crippen LogP contribution in [0, 0.1) is 12.8 Å². The third-order valence-corrected chi connectivity index (χ3v) is 3.12. The molecule has 0 aliphatic heterocycles. The minimum atomic E-state index is 0.299. The van der Waals surface area contributed by atoms with Crippen molar-refractivity contribution in [1.82, 2.24) is 14.9 Å². The number of aromatic nitrogens is 2. The Hall–Kier alpha value is -0.870. The van der Waals surface area contributed by atoms with E-state index in [1.165, 1.54) is 12.8 Å². The monoisotopic (exact) mass is 239 g/mol. The third kappa shape index (κ3) is 5.33. The fraction of sp³-hybridized carbons (Fsp3) is 0.769. The highest BCUT2D eigenvalue weighted by molar-refractivity contribution is 4.88. The van der Waals surface area contributed by atoms with Crippen molar-refractivity contribution in [1.29, 1.82) is 0 Å². The summed E-state index contributed by atoms with van der Waals surface area (Å²) in [5, 5.41) is 12.4. The van der Waals surface area contributed by atoms with Crippen molar-refractivity contribution >= 4 is 0 Å². The van der Waals surface area contributed by atoms with Gasteiger partial charge in [0, 0.05) is 32.1 Å². The molecule has 1 heterocycles. The number of aryl methyl sites for hydroxylation is 1. The maximum absolute atomic E-state index is 8.97.